The molecule has 0 saturated heterocycles. The van der Waals surface area contributed by atoms with Gasteiger partial charge in [0.15, 0.2) is 0 Å². The molecule has 1 aromatic heterocycles. The number of alkyl halides is 1. The van der Waals surface area contributed by atoms with Gasteiger partial charge >= 0.3 is 0 Å². The molecule has 1 N–H and O–H groups in total. The van der Waals surface area contributed by atoms with Crippen molar-refractivity contribution in [2.45, 2.75) is 12.5 Å². The van der Waals surface area contributed by atoms with Crippen LogP contribution in [-0.2, 0) is 17.1 Å². The SMILES string of the molecule is Cn1ccnc1C(NS(=O)(=O)CCCCl)c1ccccc1. The third-order valence-corrected chi connectivity index (χ3v) is 4.78. The van der Waals surface area contributed by atoms with Gasteiger partial charge in [-0.25, -0.2) is 18.1 Å². The number of aryl methyl sites for hydroxylation is 1. The number of halogens is 1. The Morgan fingerprint density at radius 1 is 1.33 bits per heavy atom. The van der Waals surface area contributed by atoms with Crippen molar-refractivity contribution in [3.05, 3.63) is 54.1 Å². The maximum absolute atomic E-state index is 12.2. The predicted octanol–water partition coefficient (Wildman–Crippen LogP) is 2.06. The van der Waals surface area contributed by atoms with Crippen molar-refractivity contribution in [1.29, 1.82) is 0 Å². The van der Waals surface area contributed by atoms with Crippen LogP contribution in [0.1, 0.15) is 23.9 Å². The van der Waals surface area contributed by atoms with E-state index in [1.165, 1.54) is 0 Å². The largest absolute Gasteiger partial charge is 0.336 e. The standard InChI is InChI=1S/C14H18ClN3O2S/c1-18-10-9-16-14(18)13(12-6-3-2-4-7-12)17-21(19,20)11-5-8-15/h2-4,6-7,9-10,13,17H,5,8,11H2,1H3. The second-order valence-corrected chi connectivity index (χ2v) is 6.97. The lowest BCUT2D eigenvalue weighted by molar-refractivity contribution is 0.561. The third kappa shape index (κ3) is 4.30. The summed E-state index contributed by atoms with van der Waals surface area (Å²) in [7, 11) is -1.58. The van der Waals surface area contributed by atoms with Crippen molar-refractivity contribution < 1.29 is 8.42 Å². The van der Waals surface area contributed by atoms with Gasteiger partial charge in [-0.1, -0.05) is 30.3 Å². The minimum absolute atomic E-state index is 0.00422. The van der Waals surface area contributed by atoms with Crippen LogP contribution in [-0.4, -0.2) is 29.6 Å². The summed E-state index contributed by atoms with van der Waals surface area (Å²) < 4.78 is 28.9. The molecule has 0 amide bonds. The maximum Gasteiger partial charge on any atom is 0.212 e. The zero-order chi connectivity index (χ0) is 15.3. The molecule has 1 aromatic carbocycles. The lowest BCUT2D eigenvalue weighted by Crippen LogP contribution is -2.33. The van der Waals surface area contributed by atoms with E-state index in [1.807, 2.05) is 41.9 Å². The number of hydrogen-bond acceptors (Lipinski definition) is 3. The highest BCUT2D eigenvalue weighted by Crippen LogP contribution is 2.21. The van der Waals surface area contributed by atoms with Crippen LogP contribution in [0.2, 0.25) is 0 Å². The van der Waals surface area contributed by atoms with E-state index in [-0.39, 0.29) is 5.75 Å². The maximum atomic E-state index is 12.2. The topological polar surface area (TPSA) is 64.0 Å². The van der Waals surface area contributed by atoms with Crippen molar-refractivity contribution in [3.8, 4) is 0 Å². The second kappa shape index (κ2) is 7.06. The normalized spacial score (nSPS) is 13.2. The monoisotopic (exact) mass is 327 g/mol. The van der Waals surface area contributed by atoms with E-state index >= 15 is 0 Å². The van der Waals surface area contributed by atoms with Crippen LogP contribution in [0, 0.1) is 0 Å². The van der Waals surface area contributed by atoms with Gasteiger partial charge in [0.1, 0.15) is 11.9 Å². The number of hydrogen-bond donors (Lipinski definition) is 1. The highest BCUT2D eigenvalue weighted by Gasteiger charge is 2.23. The quantitative estimate of drug-likeness (QED) is 0.792. The van der Waals surface area contributed by atoms with E-state index < -0.39 is 16.1 Å². The lowest BCUT2D eigenvalue weighted by Gasteiger charge is -2.19. The Morgan fingerprint density at radius 3 is 2.62 bits per heavy atom. The number of rotatable bonds is 7. The van der Waals surface area contributed by atoms with Crippen molar-refractivity contribution >= 4 is 21.6 Å². The van der Waals surface area contributed by atoms with E-state index in [1.54, 1.807) is 12.4 Å². The molecule has 7 heteroatoms. The highest BCUT2D eigenvalue weighted by molar-refractivity contribution is 7.89. The summed E-state index contributed by atoms with van der Waals surface area (Å²) in [6.07, 6.45) is 3.86. The van der Waals surface area contributed by atoms with Gasteiger partial charge in [0, 0.05) is 25.3 Å². The van der Waals surface area contributed by atoms with Gasteiger partial charge < -0.3 is 4.57 Å². The first kappa shape index (κ1) is 16.0. The molecular formula is C14H18ClN3O2S. The Bertz CT molecular complexity index is 671. The summed E-state index contributed by atoms with van der Waals surface area (Å²) in [5.74, 6) is 0.972. The van der Waals surface area contributed by atoms with Crippen LogP contribution in [0.25, 0.3) is 0 Å². The minimum Gasteiger partial charge on any atom is -0.336 e. The summed E-state index contributed by atoms with van der Waals surface area (Å²) in [6, 6.07) is 8.89. The molecule has 0 aliphatic carbocycles. The Kier molecular flexibility index (Phi) is 5.39. The van der Waals surface area contributed by atoms with Crippen LogP contribution < -0.4 is 4.72 Å². The summed E-state index contributed by atoms with van der Waals surface area (Å²) >= 11 is 5.58. The Morgan fingerprint density at radius 2 is 2.05 bits per heavy atom. The summed E-state index contributed by atoms with van der Waals surface area (Å²) in [5.41, 5.74) is 0.848. The molecule has 1 atom stereocenters. The first-order valence-electron chi connectivity index (χ1n) is 6.61. The number of nitrogens with one attached hydrogen (secondary N) is 1. The molecule has 0 saturated carbocycles. The van der Waals surface area contributed by atoms with Crippen molar-refractivity contribution in [3.63, 3.8) is 0 Å². The molecule has 0 aliphatic heterocycles. The fraction of sp³-hybridized carbons (Fsp3) is 0.357. The molecule has 2 aromatic rings. The molecule has 1 heterocycles. The van der Waals surface area contributed by atoms with E-state index in [4.69, 9.17) is 11.6 Å². The molecule has 21 heavy (non-hydrogen) atoms. The first-order chi connectivity index (χ1) is 10.0. The third-order valence-electron chi connectivity index (χ3n) is 3.09. The van der Waals surface area contributed by atoms with Crippen molar-refractivity contribution in [2.24, 2.45) is 7.05 Å². The van der Waals surface area contributed by atoms with E-state index in [2.05, 4.69) is 9.71 Å². The number of benzene rings is 1. The van der Waals surface area contributed by atoms with Gasteiger partial charge in [0.2, 0.25) is 10.0 Å². The predicted molar refractivity (Wildman–Crippen MR) is 83.8 cm³/mol. The highest BCUT2D eigenvalue weighted by atomic mass is 35.5. The zero-order valence-corrected chi connectivity index (χ0v) is 13.3. The van der Waals surface area contributed by atoms with Gasteiger partial charge in [0.05, 0.1) is 5.75 Å². The Balaban J connectivity index is 2.32. The molecule has 114 valence electrons. The van der Waals surface area contributed by atoms with Crippen LogP contribution in [0.4, 0.5) is 0 Å². The molecule has 0 bridgehead atoms. The van der Waals surface area contributed by atoms with Crippen molar-refractivity contribution in [1.82, 2.24) is 14.3 Å². The van der Waals surface area contributed by atoms with E-state index in [0.29, 0.717) is 18.1 Å². The number of sulfonamides is 1. The number of aromatic nitrogens is 2. The second-order valence-electron chi connectivity index (χ2n) is 4.72. The Labute approximate surface area is 130 Å². The van der Waals surface area contributed by atoms with Gasteiger partial charge in [-0.05, 0) is 12.0 Å². The fourth-order valence-electron chi connectivity index (χ4n) is 2.05. The van der Waals surface area contributed by atoms with Gasteiger partial charge in [0.25, 0.3) is 0 Å². The summed E-state index contributed by atoms with van der Waals surface area (Å²) in [5, 5.41) is 0. The number of nitrogens with zero attached hydrogens (tertiary/aromatic N) is 2. The first-order valence-corrected chi connectivity index (χ1v) is 8.80. The average Bonchev–Trinajstić information content (AvgIpc) is 2.90. The van der Waals surface area contributed by atoms with E-state index in [0.717, 1.165) is 5.56 Å². The minimum atomic E-state index is -3.42. The van der Waals surface area contributed by atoms with Gasteiger partial charge in [-0.3, -0.25) is 0 Å². The van der Waals surface area contributed by atoms with E-state index in [9.17, 15) is 8.42 Å². The zero-order valence-electron chi connectivity index (χ0n) is 11.7. The molecule has 2 rings (SSSR count). The number of imidazole rings is 1. The van der Waals surface area contributed by atoms with Crippen LogP contribution in [0.15, 0.2) is 42.7 Å². The van der Waals surface area contributed by atoms with Gasteiger partial charge in [-0.2, -0.15) is 0 Å². The fourth-order valence-corrected chi connectivity index (χ4v) is 3.59. The van der Waals surface area contributed by atoms with Crippen LogP contribution >= 0.6 is 11.6 Å². The molecule has 0 radical (unpaired) electrons. The molecule has 0 spiro atoms. The van der Waals surface area contributed by atoms with Gasteiger partial charge in [-0.15, -0.1) is 11.6 Å². The molecule has 0 aliphatic rings. The molecule has 1 unspecified atom stereocenters. The summed E-state index contributed by atoms with van der Waals surface area (Å²) in [4.78, 5) is 4.27. The molecule has 5 nitrogen and oxygen atoms in total. The van der Waals surface area contributed by atoms with Crippen LogP contribution in [0.3, 0.4) is 0 Å². The van der Waals surface area contributed by atoms with Crippen LogP contribution in [0.5, 0.6) is 0 Å². The molecule has 0 fully saturated rings. The molecular weight excluding hydrogens is 310 g/mol. The van der Waals surface area contributed by atoms with Crippen molar-refractivity contribution in [2.75, 3.05) is 11.6 Å². The summed E-state index contributed by atoms with van der Waals surface area (Å²) in [6.45, 7) is 0. The Hall–Kier alpha value is -1.37. The average molecular weight is 328 g/mol. The lowest BCUT2D eigenvalue weighted by atomic mass is 10.1. The smallest absolute Gasteiger partial charge is 0.212 e.